The zero-order chi connectivity index (χ0) is 11.3. The third kappa shape index (κ3) is 3.95. The molecule has 1 saturated heterocycles. The molecule has 0 saturated carbocycles. The van der Waals surface area contributed by atoms with Gasteiger partial charge in [-0.3, -0.25) is 4.79 Å². The minimum atomic E-state index is -1.00. The molecule has 15 heavy (non-hydrogen) atoms. The van der Waals surface area contributed by atoms with Gasteiger partial charge in [-0.05, 0) is 19.3 Å². The van der Waals surface area contributed by atoms with Crippen molar-refractivity contribution in [3.05, 3.63) is 0 Å². The fourth-order valence-electron chi connectivity index (χ4n) is 1.75. The standard InChI is InChI=1S/C9H15ClN2O3/c10-6-8(13)12-4-1-2-7(3-5-12)11-9(14)15/h7,11H,1-6H2,(H,14,15). The number of amides is 2. The zero-order valence-corrected chi connectivity index (χ0v) is 9.16. The van der Waals surface area contributed by atoms with Gasteiger partial charge in [-0.25, -0.2) is 4.79 Å². The molecular weight excluding hydrogens is 220 g/mol. The maximum Gasteiger partial charge on any atom is 0.404 e. The van der Waals surface area contributed by atoms with Gasteiger partial charge in [-0.2, -0.15) is 0 Å². The Kier molecular flexibility index (Phi) is 4.68. The van der Waals surface area contributed by atoms with Crippen LogP contribution in [-0.4, -0.2) is 47.0 Å². The van der Waals surface area contributed by atoms with E-state index >= 15 is 0 Å². The molecule has 0 aromatic carbocycles. The number of likely N-dealkylation sites (tertiary alicyclic amines) is 1. The predicted octanol–water partition coefficient (Wildman–Crippen LogP) is 0.874. The maximum absolute atomic E-state index is 11.3. The van der Waals surface area contributed by atoms with Crippen LogP contribution < -0.4 is 5.32 Å². The van der Waals surface area contributed by atoms with E-state index in [4.69, 9.17) is 16.7 Å². The first-order valence-electron chi connectivity index (χ1n) is 4.96. The highest BCUT2D eigenvalue weighted by molar-refractivity contribution is 6.27. The molecule has 0 aromatic rings. The van der Waals surface area contributed by atoms with E-state index in [-0.39, 0.29) is 17.8 Å². The molecule has 2 amide bonds. The second-order valence-corrected chi connectivity index (χ2v) is 3.86. The summed E-state index contributed by atoms with van der Waals surface area (Å²) in [5.74, 6) is -0.0792. The summed E-state index contributed by atoms with van der Waals surface area (Å²) in [6, 6.07) is -0.0457. The largest absolute Gasteiger partial charge is 0.465 e. The zero-order valence-electron chi connectivity index (χ0n) is 8.41. The third-order valence-electron chi connectivity index (χ3n) is 2.52. The number of carboxylic acid groups (broad SMARTS) is 1. The molecular formula is C9H15ClN2O3. The molecule has 1 heterocycles. The first-order valence-corrected chi connectivity index (χ1v) is 5.50. The Morgan fingerprint density at radius 2 is 2.13 bits per heavy atom. The summed E-state index contributed by atoms with van der Waals surface area (Å²) in [5, 5.41) is 11.0. The summed E-state index contributed by atoms with van der Waals surface area (Å²) in [7, 11) is 0. The van der Waals surface area contributed by atoms with Crippen LogP contribution in [0.4, 0.5) is 4.79 Å². The van der Waals surface area contributed by atoms with Crippen molar-refractivity contribution in [3.8, 4) is 0 Å². The van der Waals surface area contributed by atoms with Gasteiger partial charge in [-0.1, -0.05) is 0 Å². The Morgan fingerprint density at radius 3 is 2.73 bits per heavy atom. The van der Waals surface area contributed by atoms with E-state index in [0.29, 0.717) is 19.5 Å². The normalized spacial score (nSPS) is 21.9. The molecule has 2 N–H and O–H groups in total. The lowest BCUT2D eigenvalue weighted by atomic mass is 10.1. The molecule has 0 radical (unpaired) electrons. The van der Waals surface area contributed by atoms with E-state index in [1.807, 2.05) is 0 Å². The minimum absolute atomic E-state index is 0.00295. The van der Waals surface area contributed by atoms with Gasteiger partial charge in [0.1, 0.15) is 5.88 Å². The van der Waals surface area contributed by atoms with Gasteiger partial charge in [0, 0.05) is 19.1 Å². The molecule has 0 spiro atoms. The van der Waals surface area contributed by atoms with Crippen molar-refractivity contribution >= 4 is 23.6 Å². The Bertz CT molecular complexity index is 248. The third-order valence-corrected chi connectivity index (χ3v) is 2.75. The molecule has 1 aliphatic heterocycles. The molecule has 0 aromatic heterocycles. The number of hydrogen-bond acceptors (Lipinski definition) is 2. The average Bonchev–Trinajstić information content (AvgIpc) is 2.41. The summed E-state index contributed by atoms with van der Waals surface area (Å²) >= 11 is 5.46. The number of rotatable bonds is 2. The number of halogens is 1. The van der Waals surface area contributed by atoms with Crippen molar-refractivity contribution in [1.82, 2.24) is 10.2 Å². The van der Waals surface area contributed by atoms with Crippen LogP contribution in [-0.2, 0) is 4.79 Å². The molecule has 6 heteroatoms. The first kappa shape index (κ1) is 12.1. The van der Waals surface area contributed by atoms with Gasteiger partial charge in [0.15, 0.2) is 0 Å². The summed E-state index contributed by atoms with van der Waals surface area (Å²) < 4.78 is 0. The fraction of sp³-hybridized carbons (Fsp3) is 0.778. The van der Waals surface area contributed by atoms with Crippen LogP contribution in [0, 0.1) is 0 Å². The van der Waals surface area contributed by atoms with Gasteiger partial charge >= 0.3 is 6.09 Å². The smallest absolute Gasteiger partial charge is 0.404 e. The Hall–Kier alpha value is -0.970. The van der Waals surface area contributed by atoms with E-state index in [0.717, 1.165) is 12.8 Å². The van der Waals surface area contributed by atoms with Crippen molar-refractivity contribution in [2.45, 2.75) is 25.3 Å². The molecule has 1 unspecified atom stereocenters. The van der Waals surface area contributed by atoms with Crippen molar-refractivity contribution in [2.24, 2.45) is 0 Å². The Labute approximate surface area is 93.4 Å². The van der Waals surface area contributed by atoms with Crippen LogP contribution in [0.3, 0.4) is 0 Å². The van der Waals surface area contributed by atoms with Gasteiger partial charge in [0.2, 0.25) is 5.91 Å². The van der Waals surface area contributed by atoms with Crippen molar-refractivity contribution in [2.75, 3.05) is 19.0 Å². The average molecular weight is 235 g/mol. The number of nitrogens with zero attached hydrogens (tertiary/aromatic N) is 1. The predicted molar refractivity (Wildman–Crippen MR) is 56.1 cm³/mol. The van der Waals surface area contributed by atoms with Gasteiger partial charge in [0.05, 0.1) is 0 Å². The second-order valence-electron chi connectivity index (χ2n) is 3.59. The number of hydrogen-bond donors (Lipinski definition) is 2. The van der Waals surface area contributed by atoms with Gasteiger partial charge < -0.3 is 15.3 Å². The molecule has 0 bridgehead atoms. The van der Waals surface area contributed by atoms with E-state index in [1.54, 1.807) is 4.90 Å². The van der Waals surface area contributed by atoms with Crippen LogP contribution in [0.2, 0.25) is 0 Å². The van der Waals surface area contributed by atoms with Gasteiger partial charge in [0.25, 0.3) is 0 Å². The van der Waals surface area contributed by atoms with Crippen LogP contribution in [0.25, 0.3) is 0 Å². The summed E-state index contributed by atoms with van der Waals surface area (Å²) in [5.41, 5.74) is 0. The molecule has 1 fully saturated rings. The Morgan fingerprint density at radius 1 is 1.40 bits per heavy atom. The fourth-order valence-corrected chi connectivity index (χ4v) is 1.92. The summed E-state index contributed by atoms with van der Waals surface area (Å²) in [6.45, 7) is 1.25. The van der Waals surface area contributed by atoms with Crippen LogP contribution in [0.1, 0.15) is 19.3 Å². The van der Waals surface area contributed by atoms with Crippen molar-refractivity contribution < 1.29 is 14.7 Å². The number of carbonyl (C=O) groups excluding carboxylic acids is 1. The van der Waals surface area contributed by atoms with Gasteiger partial charge in [-0.15, -0.1) is 11.6 Å². The molecule has 1 aliphatic rings. The second kappa shape index (κ2) is 5.80. The molecule has 1 rings (SSSR count). The molecule has 86 valence electrons. The topological polar surface area (TPSA) is 69.6 Å². The van der Waals surface area contributed by atoms with Crippen molar-refractivity contribution in [3.63, 3.8) is 0 Å². The quantitative estimate of drug-likeness (QED) is 0.697. The van der Waals surface area contributed by atoms with Crippen LogP contribution in [0.5, 0.6) is 0 Å². The summed E-state index contributed by atoms with van der Waals surface area (Å²) in [6.07, 6.45) is 1.25. The lowest BCUT2D eigenvalue weighted by Crippen LogP contribution is -2.36. The minimum Gasteiger partial charge on any atom is -0.465 e. The highest BCUT2D eigenvalue weighted by Gasteiger charge is 2.20. The molecule has 1 atom stereocenters. The van der Waals surface area contributed by atoms with E-state index in [1.165, 1.54) is 0 Å². The highest BCUT2D eigenvalue weighted by Crippen LogP contribution is 2.11. The lowest BCUT2D eigenvalue weighted by molar-refractivity contribution is -0.128. The monoisotopic (exact) mass is 234 g/mol. The maximum atomic E-state index is 11.3. The van der Waals surface area contributed by atoms with E-state index in [9.17, 15) is 9.59 Å². The molecule has 5 nitrogen and oxygen atoms in total. The molecule has 0 aliphatic carbocycles. The van der Waals surface area contributed by atoms with E-state index in [2.05, 4.69) is 5.32 Å². The van der Waals surface area contributed by atoms with Crippen LogP contribution in [0.15, 0.2) is 0 Å². The Balaban J connectivity index is 2.41. The van der Waals surface area contributed by atoms with E-state index < -0.39 is 6.09 Å². The lowest BCUT2D eigenvalue weighted by Gasteiger charge is -2.19. The highest BCUT2D eigenvalue weighted by atomic mass is 35.5. The number of nitrogens with one attached hydrogen (secondary N) is 1. The van der Waals surface area contributed by atoms with Crippen molar-refractivity contribution in [1.29, 1.82) is 0 Å². The SMILES string of the molecule is O=C(O)NC1CCCN(C(=O)CCl)CC1. The first-order chi connectivity index (χ1) is 7.13. The number of carbonyl (C=O) groups is 2. The summed E-state index contributed by atoms with van der Waals surface area (Å²) in [4.78, 5) is 23.4. The number of alkyl halides is 1. The van der Waals surface area contributed by atoms with Crippen LogP contribution >= 0.6 is 11.6 Å².